The van der Waals surface area contributed by atoms with E-state index in [1.54, 1.807) is 7.11 Å². The van der Waals surface area contributed by atoms with E-state index >= 15 is 0 Å². The fourth-order valence-electron chi connectivity index (χ4n) is 1.43. The van der Waals surface area contributed by atoms with Crippen molar-refractivity contribution < 1.29 is 4.74 Å². The van der Waals surface area contributed by atoms with Gasteiger partial charge in [0, 0.05) is 5.56 Å². The van der Waals surface area contributed by atoms with Gasteiger partial charge in [-0.15, -0.1) is 0 Å². The number of hydrogen-bond donors (Lipinski definition) is 0. The highest BCUT2D eigenvalue weighted by molar-refractivity contribution is 5.59. The molecule has 0 aliphatic rings. The first-order chi connectivity index (χ1) is 6.69. The second-order valence-corrected chi connectivity index (χ2v) is 3.63. The Hall–Kier alpha value is -1.24. The SMILES string of the molecule is CC=C(OC)c1ccc(C(C)C)cc1. The summed E-state index contributed by atoms with van der Waals surface area (Å²) in [6.45, 7) is 6.37. The van der Waals surface area contributed by atoms with E-state index in [0.717, 1.165) is 11.3 Å². The molecule has 1 aromatic carbocycles. The van der Waals surface area contributed by atoms with E-state index < -0.39 is 0 Å². The minimum atomic E-state index is 0.584. The normalized spacial score (nSPS) is 11.9. The van der Waals surface area contributed by atoms with Crippen LogP contribution in [0, 0.1) is 0 Å². The van der Waals surface area contributed by atoms with Gasteiger partial charge in [-0.1, -0.05) is 38.1 Å². The smallest absolute Gasteiger partial charge is 0.121 e. The van der Waals surface area contributed by atoms with Crippen molar-refractivity contribution in [2.45, 2.75) is 26.7 Å². The van der Waals surface area contributed by atoms with E-state index in [-0.39, 0.29) is 0 Å². The minimum absolute atomic E-state index is 0.584. The third kappa shape index (κ3) is 2.38. The lowest BCUT2D eigenvalue weighted by Crippen LogP contribution is -1.90. The first-order valence-electron chi connectivity index (χ1n) is 4.99. The van der Waals surface area contributed by atoms with Crippen LogP contribution in [0.5, 0.6) is 0 Å². The van der Waals surface area contributed by atoms with Gasteiger partial charge in [-0.05, 0) is 24.5 Å². The van der Waals surface area contributed by atoms with Crippen LogP contribution in [0.15, 0.2) is 30.3 Å². The van der Waals surface area contributed by atoms with Crippen LogP contribution in [-0.2, 0) is 4.74 Å². The Balaban J connectivity index is 2.93. The third-order valence-corrected chi connectivity index (χ3v) is 2.34. The van der Waals surface area contributed by atoms with E-state index in [0.29, 0.717) is 5.92 Å². The molecule has 0 bridgehead atoms. The highest BCUT2D eigenvalue weighted by atomic mass is 16.5. The Morgan fingerprint density at radius 2 is 1.79 bits per heavy atom. The monoisotopic (exact) mass is 190 g/mol. The van der Waals surface area contributed by atoms with Gasteiger partial charge >= 0.3 is 0 Å². The van der Waals surface area contributed by atoms with Crippen molar-refractivity contribution in [3.05, 3.63) is 41.5 Å². The number of methoxy groups -OCH3 is 1. The largest absolute Gasteiger partial charge is 0.496 e. The summed E-state index contributed by atoms with van der Waals surface area (Å²) in [5.41, 5.74) is 2.50. The summed E-state index contributed by atoms with van der Waals surface area (Å²) < 4.78 is 5.25. The lowest BCUT2D eigenvalue weighted by Gasteiger charge is -2.08. The quantitative estimate of drug-likeness (QED) is 0.658. The summed E-state index contributed by atoms with van der Waals surface area (Å²) in [6.07, 6.45) is 1.98. The number of hydrogen-bond acceptors (Lipinski definition) is 1. The zero-order valence-electron chi connectivity index (χ0n) is 9.37. The maximum atomic E-state index is 5.25. The summed E-state index contributed by atoms with van der Waals surface area (Å²) >= 11 is 0. The molecule has 0 amide bonds. The van der Waals surface area contributed by atoms with E-state index in [1.165, 1.54) is 5.56 Å². The molecule has 0 aromatic heterocycles. The van der Waals surface area contributed by atoms with Crippen molar-refractivity contribution in [2.24, 2.45) is 0 Å². The molecular weight excluding hydrogens is 172 g/mol. The lowest BCUT2D eigenvalue weighted by molar-refractivity contribution is 0.369. The van der Waals surface area contributed by atoms with Gasteiger partial charge < -0.3 is 4.74 Å². The van der Waals surface area contributed by atoms with Crippen molar-refractivity contribution >= 4 is 5.76 Å². The molecule has 1 aromatic rings. The Morgan fingerprint density at radius 3 is 2.14 bits per heavy atom. The van der Waals surface area contributed by atoms with Gasteiger partial charge in [0.1, 0.15) is 5.76 Å². The third-order valence-electron chi connectivity index (χ3n) is 2.34. The molecule has 0 N–H and O–H groups in total. The fourth-order valence-corrected chi connectivity index (χ4v) is 1.43. The lowest BCUT2D eigenvalue weighted by atomic mass is 10.0. The molecule has 14 heavy (non-hydrogen) atoms. The Labute approximate surface area is 86.4 Å². The van der Waals surface area contributed by atoms with Crippen LogP contribution in [0.2, 0.25) is 0 Å². The molecule has 0 unspecified atom stereocenters. The molecule has 0 fully saturated rings. The summed E-state index contributed by atoms with van der Waals surface area (Å²) in [4.78, 5) is 0. The predicted octanol–water partition coefficient (Wildman–Crippen LogP) is 3.82. The van der Waals surface area contributed by atoms with Crippen LogP contribution in [0.25, 0.3) is 5.76 Å². The molecule has 1 rings (SSSR count). The van der Waals surface area contributed by atoms with Crippen molar-refractivity contribution in [1.29, 1.82) is 0 Å². The zero-order valence-corrected chi connectivity index (χ0v) is 9.37. The molecule has 0 aliphatic heterocycles. The molecule has 0 radical (unpaired) electrons. The van der Waals surface area contributed by atoms with Gasteiger partial charge in [-0.25, -0.2) is 0 Å². The van der Waals surface area contributed by atoms with Crippen molar-refractivity contribution in [3.63, 3.8) is 0 Å². The Kier molecular flexibility index (Phi) is 3.75. The second kappa shape index (κ2) is 4.85. The number of benzene rings is 1. The Morgan fingerprint density at radius 1 is 1.21 bits per heavy atom. The Bertz CT molecular complexity index is 307. The predicted molar refractivity (Wildman–Crippen MR) is 61.2 cm³/mol. The van der Waals surface area contributed by atoms with Gasteiger partial charge in [0.15, 0.2) is 0 Å². The fraction of sp³-hybridized carbons (Fsp3) is 0.385. The second-order valence-electron chi connectivity index (χ2n) is 3.63. The van der Waals surface area contributed by atoms with Crippen LogP contribution < -0.4 is 0 Å². The summed E-state index contributed by atoms with van der Waals surface area (Å²) in [7, 11) is 1.70. The average Bonchev–Trinajstić information content (AvgIpc) is 2.20. The van der Waals surface area contributed by atoms with Crippen LogP contribution in [0.4, 0.5) is 0 Å². The summed E-state index contributed by atoms with van der Waals surface area (Å²) in [6, 6.07) is 8.52. The topological polar surface area (TPSA) is 9.23 Å². The molecule has 76 valence electrons. The van der Waals surface area contributed by atoms with Crippen molar-refractivity contribution in [2.75, 3.05) is 7.11 Å². The maximum Gasteiger partial charge on any atom is 0.121 e. The van der Waals surface area contributed by atoms with Gasteiger partial charge in [0.25, 0.3) is 0 Å². The number of allylic oxidation sites excluding steroid dienone is 1. The number of ether oxygens (including phenoxy) is 1. The summed E-state index contributed by atoms with van der Waals surface area (Å²) in [5.74, 6) is 1.51. The highest BCUT2D eigenvalue weighted by Crippen LogP contribution is 2.19. The highest BCUT2D eigenvalue weighted by Gasteiger charge is 2.01. The van der Waals surface area contributed by atoms with Crippen molar-refractivity contribution in [1.82, 2.24) is 0 Å². The molecule has 1 heteroatoms. The maximum absolute atomic E-state index is 5.25. The molecule has 0 atom stereocenters. The number of rotatable bonds is 3. The zero-order chi connectivity index (χ0) is 10.6. The van der Waals surface area contributed by atoms with Gasteiger partial charge in [0.2, 0.25) is 0 Å². The van der Waals surface area contributed by atoms with Crippen LogP contribution in [-0.4, -0.2) is 7.11 Å². The van der Waals surface area contributed by atoms with E-state index in [2.05, 4.69) is 38.1 Å². The summed E-state index contributed by atoms with van der Waals surface area (Å²) in [5, 5.41) is 0. The van der Waals surface area contributed by atoms with Crippen molar-refractivity contribution in [3.8, 4) is 0 Å². The van der Waals surface area contributed by atoms with Crippen LogP contribution >= 0.6 is 0 Å². The molecule has 0 heterocycles. The van der Waals surface area contributed by atoms with E-state index in [1.807, 2.05) is 13.0 Å². The van der Waals surface area contributed by atoms with Crippen LogP contribution in [0.3, 0.4) is 0 Å². The van der Waals surface area contributed by atoms with E-state index in [4.69, 9.17) is 4.74 Å². The minimum Gasteiger partial charge on any atom is -0.496 e. The van der Waals surface area contributed by atoms with E-state index in [9.17, 15) is 0 Å². The first-order valence-corrected chi connectivity index (χ1v) is 4.99. The van der Waals surface area contributed by atoms with Gasteiger partial charge in [0.05, 0.1) is 7.11 Å². The molecule has 0 saturated carbocycles. The molecular formula is C13H18O. The average molecular weight is 190 g/mol. The first kappa shape index (κ1) is 10.8. The van der Waals surface area contributed by atoms with Gasteiger partial charge in [-0.2, -0.15) is 0 Å². The molecule has 0 spiro atoms. The van der Waals surface area contributed by atoms with Crippen LogP contribution in [0.1, 0.15) is 37.8 Å². The molecule has 0 aliphatic carbocycles. The molecule has 1 nitrogen and oxygen atoms in total. The van der Waals surface area contributed by atoms with Gasteiger partial charge in [-0.3, -0.25) is 0 Å². The standard InChI is InChI=1S/C13H18O/c1-5-13(14-4)12-8-6-11(7-9-12)10(2)3/h5-10H,1-4H3. The molecule has 0 saturated heterocycles.